The second kappa shape index (κ2) is 7.59. The van der Waals surface area contributed by atoms with Gasteiger partial charge in [0, 0.05) is 13.1 Å². The van der Waals surface area contributed by atoms with Gasteiger partial charge in [0.25, 0.3) is 10.1 Å². The van der Waals surface area contributed by atoms with Crippen molar-refractivity contribution in [1.82, 2.24) is 4.90 Å². The average Bonchev–Trinajstić information content (AvgIpc) is 2.28. The molecule has 19 heavy (non-hydrogen) atoms. The fourth-order valence-corrected chi connectivity index (χ4v) is 2.02. The number of aliphatic hydroxyl groups excluding tert-OH is 1. The maximum absolute atomic E-state index is 9.52. The Morgan fingerprint density at radius 2 is 1.89 bits per heavy atom. The van der Waals surface area contributed by atoms with Gasteiger partial charge in [-0.1, -0.05) is 30.3 Å². The molecule has 1 unspecified atom stereocenters. The van der Waals surface area contributed by atoms with Crippen molar-refractivity contribution in [3.63, 3.8) is 0 Å². The number of hydrogen-bond acceptors (Lipinski definition) is 4. The molecular weight excluding hydrogens is 266 g/mol. The van der Waals surface area contributed by atoms with Crippen LogP contribution < -0.4 is 0 Å². The van der Waals surface area contributed by atoms with E-state index in [2.05, 4.69) is 29.2 Å². The molecule has 0 aliphatic carbocycles. The fourth-order valence-electron chi connectivity index (χ4n) is 2.02. The Kier molecular flexibility index (Phi) is 6.44. The van der Waals surface area contributed by atoms with Crippen LogP contribution in [0.5, 0.6) is 0 Å². The number of aliphatic hydroxyl groups is 1. The summed E-state index contributed by atoms with van der Waals surface area (Å²) >= 11 is 0. The van der Waals surface area contributed by atoms with Crippen LogP contribution in [0.3, 0.4) is 0 Å². The number of piperidine rings is 1. The number of benzene rings is 1. The van der Waals surface area contributed by atoms with Crippen LogP contribution in [0.1, 0.15) is 18.4 Å². The van der Waals surface area contributed by atoms with Gasteiger partial charge in [0.2, 0.25) is 0 Å². The molecule has 1 aliphatic heterocycles. The number of β-amino-alcohol motifs (C(OH)–C–C–N with tert-alkyl or cyclic N) is 1. The van der Waals surface area contributed by atoms with E-state index in [1.54, 1.807) is 0 Å². The van der Waals surface area contributed by atoms with E-state index >= 15 is 0 Å². The summed E-state index contributed by atoms with van der Waals surface area (Å²) in [6.07, 6.45) is 2.68. The Morgan fingerprint density at radius 1 is 1.32 bits per heavy atom. The van der Waals surface area contributed by atoms with Gasteiger partial charge in [0.15, 0.2) is 0 Å². The van der Waals surface area contributed by atoms with Crippen LogP contribution in [0, 0.1) is 0 Å². The van der Waals surface area contributed by atoms with E-state index < -0.39 is 10.1 Å². The first-order chi connectivity index (χ1) is 8.84. The van der Waals surface area contributed by atoms with Crippen molar-refractivity contribution in [2.75, 3.05) is 19.3 Å². The number of rotatable bonds is 2. The maximum Gasteiger partial charge on any atom is 0.261 e. The smallest absolute Gasteiger partial charge is 0.261 e. The summed E-state index contributed by atoms with van der Waals surface area (Å²) in [7, 11) is -3.67. The topological polar surface area (TPSA) is 77.8 Å². The zero-order chi connectivity index (χ0) is 14.3. The Hall–Kier alpha value is -0.950. The summed E-state index contributed by atoms with van der Waals surface area (Å²) in [4.78, 5) is 2.32. The van der Waals surface area contributed by atoms with Crippen LogP contribution in [0.4, 0.5) is 0 Å². The standard InChI is InChI=1S/C12H17NO.CH4O3S/c14-12-7-4-8-13(10-12)9-11-5-2-1-3-6-11;1-5(2,3)4/h1-3,5-6,12,14H,4,7-10H2;1H3,(H,2,3,4). The number of nitrogens with zero attached hydrogens (tertiary/aromatic N) is 1. The molecule has 0 radical (unpaired) electrons. The lowest BCUT2D eigenvalue weighted by molar-refractivity contribution is 0.0668. The highest BCUT2D eigenvalue weighted by Crippen LogP contribution is 2.13. The Bertz CT molecular complexity index is 453. The predicted molar refractivity (Wildman–Crippen MR) is 74.4 cm³/mol. The first-order valence-corrected chi connectivity index (χ1v) is 8.06. The van der Waals surface area contributed by atoms with Gasteiger partial charge in [-0.2, -0.15) is 8.42 Å². The highest BCUT2D eigenvalue weighted by atomic mass is 32.2. The third-order valence-corrected chi connectivity index (χ3v) is 2.73. The second-order valence-electron chi connectivity index (χ2n) is 4.75. The van der Waals surface area contributed by atoms with E-state index in [9.17, 15) is 13.5 Å². The van der Waals surface area contributed by atoms with Crippen molar-refractivity contribution < 1.29 is 18.1 Å². The molecule has 0 saturated carbocycles. The van der Waals surface area contributed by atoms with Crippen molar-refractivity contribution in [3.8, 4) is 0 Å². The SMILES string of the molecule is CS(=O)(=O)O.OC1CCCN(Cc2ccccc2)C1. The van der Waals surface area contributed by atoms with Gasteiger partial charge < -0.3 is 5.11 Å². The third-order valence-electron chi connectivity index (χ3n) is 2.73. The minimum absolute atomic E-state index is 0.118. The summed E-state index contributed by atoms with van der Waals surface area (Å²) in [5, 5.41) is 9.52. The summed E-state index contributed by atoms with van der Waals surface area (Å²) in [6, 6.07) is 10.4. The molecule has 108 valence electrons. The fraction of sp³-hybridized carbons (Fsp3) is 0.538. The van der Waals surface area contributed by atoms with Crippen LogP contribution in [0.2, 0.25) is 0 Å². The zero-order valence-electron chi connectivity index (χ0n) is 11.1. The zero-order valence-corrected chi connectivity index (χ0v) is 11.9. The van der Waals surface area contributed by atoms with E-state index in [-0.39, 0.29) is 6.10 Å². The van der Waals surface area contributed by atoms with E-state index in [1.807, 2.05) is 6.07 Å². The molecule has 1 aliphatic rings. The predicted octanol–water partition coefficient (Wildman–Crippen LogP) is 1.15. The van der Waals surface area contributed by atoms with Gasteiger partial charge in [-0.05, 0) is 24.9 Å². The second-order valence-corrected chi connectivity index (χ2v) is 6.22. The summed E-state index contributed by atoms with van der Waals surface area (Å²) in [5.74, 6) is 0. The van der Waals surface area contributed by atoms with Crippen LogP contribution in [-0.4, -0.2) is 48.4 Å². The Balaban J connectivity index is 0.000000312. The third kappa shape index (κ3) is 8.72. The minimum Gasteiger partial charge on any atom is -0.392 e. The molecule has 1 aromatic carbocycles. The molecule has 6 heteroatoms. The summed E-state index contributed by atoms with van der Waals surface area (Å²) < 4.78 is 25.9. The normalized spacial score (nSPS) is 20.5. The molecule has 0 aromatic heterocycles. The molecular formula is C13H21NO4S. The van der Waals surface area contributed by atoms with Gasteiger partial charge in [-0.25, -0.2) is 0 Å². The largest absolute Gasteiger partial charge is 0.392 e. The molecule has 1 atom stereocenters. The van der Waals surface area contributed by atoms with E-state index in [4.69, 9.17) is 4.55 Å². The number of hydrogen-bond donors (Lipinski definition) is 2. The van der Waals surface area contributed by atoms with Gasteiger partial charge in [0.1, 0.15) is 0 Å². The van der Waals surface area contributed by atoms with E-state index in [1.165, 1.54) is 5.56 Å². The van der Waals surface area contributed by atoms with Crippen LogP contribution in [0.25, 0.3) is 0 Å². The van der Waals surface area contributed by atoms with Crippen molar-refractivity contribution in [3.05, 3.63) is 35.9 Å². The minimum atomic E-state index is -3.67. The molecule has 2 rings (SSSR count). The molecule has 0 spiro atoms. The van der Waals surface area contributed by atoms with Crippen molar-refractivity contribution in [2.24, 2.45) is 0 Å². The van der Waals surface area contributed by atoms with E-state index in [0.717, 1.165) is 32.5 Å². The lowest BCUT2D eigenvalue weighted by Gasteiger charge is -2.29. The van der Waals surface area contributed by atoms with Gasteiger partial charge >= 0.3 is 0 Å². The van der Waals surface area contributed by atoms with E-state index in [0.29, 0.717) is 6.26 Å². The maximum atomic E-state index is 9.52. The molecule has 2 N–H and O–H groups in total. The van der Waals surface area contributed by atoms with Gasteiger partial charge in [-0.3, -0.25) is 9.45 Å². The quantitative estimate of drug-likeness (QED) is 0.798. The van der Waals surface area contributed by atoms with Gasteiger partial charge in [-0.15, -0.1) is 0 Å². The lowest BCUT2D eigenvalue weighted by Crippen LogP contribution is -2.37. The highest BCUT2D eigenvalue weighted by molar-refractivity contribution is 7.85. The molecule has 1 fully saturated rings. The lowest BCUT2D eigenvalue weighted by atomic mass is 10.1. The first-order valence-electron chi connectivity index (χ1n) is 6.21. The molecule has 0 bridgehead atoms. The molecule has 1 heterocycles. The van der Waals surface area contributed by atoms with Crippen molar-refractivity contribution in [1.29, 1.82) is 0 Å². The summed E-state index contributed by atoms with van der Waals surface area (Å²) in [6.45, 7) is 2.92. The summed E-state index contributed by atoms with van der Waals surface area (Å²) in [5.41, 5.74) is 1.33. The molecule has 5 nitrogen and oxygen atoms in total. The molecule has 1 aromatic rings. The Labute approximate surface area is 114 Å². The van der Waals surface area contributed by atoms with Crippen LogP contribution >= 0.6 is 0 Å². The molecule has 1 saturated heterocycles. The van der Waals surface area contributed by atoms with Crippen molar-refractivity contribution in [2.45, 2.75) is 25.5 Å². The van der Waals surface area contributed by atoms with Crippen LogP contribution in [-0.2, 0) is 16.7 Å². The number of likely N-dealkylation sites (tertiary alicyclic amines) is 1. The first kappa shape index (κ1) is 16.1. The van der Waals surface area contributed by atoms with Crippen molar-refractivity contribution >= 4 is 10.1 Å². The van der Waals surface area contributed by atoms with Crippen LogP contribution in [0.15, 0.2) is 30.3 Å². The highest BCUT2D eigenvalue weighted by Gasteiger charge is 2.17. The monoisotopic (exact) mass is 287 g/mol. The average molecular weight is 287 g/mol. The Morgan fingerprint density at radius 3 is 2.42 bits per heavy atom. The van der Waals surface area contributed by atoms with Gasteiger partial charge in [0.05, 0.1) is 12.4 Å². The molecule has 0 amide bonds.